The van der Waals surface area contributed by atoms with Crippen LogP contribution in [0.2, 0.25) is 0 Å². The average Bonchev–Trinajstić information content (AvgIpc) is 2.76. The van der Waals surface area contributed by atoms with E-state index >= 15 is 0 Å². The number of aryl methyl sites for hydroxylation is 1. The fraction of sp³-hybridized carbons (Fsp3) is 0.133. The van der Waals surface area contributed by atoms with Crippen molar-refractivity contribution in [2.45, 2.75) is 12.8 Å². The van der Waals surface area contributed by atoms with E-state index < -0.39 is 0 Å². The zero-order chi connectivity index (χ0) is 13.4. The van der Waals surface area contributed by atoms with Gasteiger partial charge in [-0.2, -0.15) is 0 Å². The van der Waals surface area contributed by atoms with Gasteiger partial charge in [0.1, 0.15) is 5.82 Å². The van der Waals surface area contributed by atoms with Crippen molar-refractivity contribution in [3.63, 3.8) is 0 Å². The Morgan fingerprint density at radius 3 is 2.74 bits per heavy atom. The van der Waals surface area contributed by atoms with Crippen LogP contribution in [0.25, 0.3) is 16.7 Å². The van der Waals surface area contributed by atoms with Crippen molar-refractivity contribution < 1.29 is 0 Å². The van der Waals surface area contributed by atoms with Crippen molar-refractivity contribution in [3.8, 4) is 5.69 Å². The molecule has 19 heavy (non-hydrogen) atoms. The van der Waals surface area contributed by atoms with E-state index in [9.17, 15) is 0 Å². The number of rotatable bonds is 2. The van der Waals surface area contributed by atoms with Gasteiger partial charge < -0.3 is 0 Å². The Labute approximate surface area is 125 Å². The Morgan fingerprint density at radius 1 is 1.21 bits per heavy atom. The fourth-order valence-electron chi connectivity index (χ4n) is 2.23. The number of halogens is 2. The van der Waals surface area contributed by atoms with Crippen molar-refractivity contribution >= 4 is 38.6 Å². The number of benzene rings is 2. The number of aromatic nitrogens is 2. The molecule has 0 bridgehead atoms. The van der Waals surface area contributed by atoms with Crippen LogP contribution in [0.1, 0.15) is 11.4 Å². The van der Waals surface area contributed by atoms with Gasteiger partial charge in [-0.05, 0) is 52.7 Å². The molecule has 3 rings (SSSR count). The van der Waals surface area contributed by atoms with Crippen molar-refractivity contribution in [2.24, 2.45) is 0 Å². The van der Waals surface area contributed by atoms with E-state index in [2.05, 4.69) is 56.7 Å². The lowest BCUT2D eigenvalue weighted by Gasteiger charge is -2.09. The summed E-state index contributed by atoms with van der Waals surface area (Å²) in [4.78, 5) is 4.62. The highest BCUT2D eigenvalue weighted by molar-refractivity contribution is 9.10. The minimum Gasteiger partial charge on any atom is -0.294 e. The van der Waals surface area contributed by atoms with Crippen molar-refractivity contribution in [1.29, 1.82) is 0 Å². The normalized spacial score (nSPS) is 11.1. The van der Waals surface area contributed by atoms with Crippen LogP contribution in [-0.2, 0) is 5.88 Å². The third-order valence-electron chi connectivity index (χ3n) is 3.09. The summed E-state index contributed by atoms with van der Waals surface area (Å²) in [6.45, 7) is 2.07. The first-order chi connectivity index (χ1) is 9.20. The first-order valence-electron chi connectivity index (χ1n) is 5.99. The number of hydrogen-bond donors (Lipinski definition) is 0. The zero-order valence-corrected chi connectivity index (χ0v) is 12.7. The van der Waals surface area contributed by atoms with E-state index in [1.807, 2.05) is 18.2 Å². The summed E-state index contributed by atoms with van der Waals surface area (Å²) in [7, 11) is 0. The number of hydrogen-bond acceptors (Lipinski definition) is 1. The Hall–Kier alpha value is -1.32. The lowest BCUT2D eigenvalue weighted by molar-refractivity contribution is 0.977. The number of alkyl halides is 1. The summed E-state index contributed by atoms with van der Waals surface area (Å²) in [5.41, 5.74) is 4.31. The number of nitrogens with zero attached hydrogens (tertiary/aromatic N) is 2. The minimum atomic E-state index is 0.384. The summed E-state index contributed by atoms with van der Waals surface area (Å²) in [5, 5.41) is 0. The summed E-state index contributed by atoms with van der Waals surface area (Å²) in [6, 6.07) is 14.4. The standard InChI is InChI=1S/C15H12BrClN2/c1-10-6-7-14-12(8-10)18-15(9-17)19(14)13-5-3-2-4-11(13)16/h2-8H,9H2,1H3. The molecule has 0 aliphatic heterocycles. The highest BCUT2D eigenvalue weighted by Crippen LogP contribution is 2.28. The molecule has 0 aliphatic rings. The SMILES string of the molecule is Cc1ccc2c(c1)nc(CCl)n2-c1ccccc1Br. The molecule has 2 nitrogen and oxygen atoms in total. The molecule has 0 N–H and O–H groups in total. The molecule has 0 atom stereocenters. The van der Waals surface area contributed by atoms with Crippen LogP contribution in [0.3, 0.4) is 0 Å². The zero-order valence-electron chi connectivity index (χ0n) is 10.4. The largest absolute Gasteiger partial charge is 0.294 e. The molecule has 3 aromatic rings. The van der Waals surface area contributed by atoms with Gasteiger partial charge >= 0.3 is 0 Å². The van der Waals surface area contributed by atoms with Gasteiger partial charge in [0.05, 0.1) is 22.6 Å². The predicted octanol–water partition coefficient (Wildman–Crippen LogP) is 4.84. The van der Waals surface area contributed by atoms with Crippen molar-refractivity contribution in [3.05, 3.63) is 58.3 Å². The Balaban J connectivity index is 2.36. The van der Waals surface area contributed by atoms with Gasteiger partial charge in [-0.25, -0.2) is 4.98 Å². The van der Waals surface area contributed by atoms with Gasteiger partial charge in [0.25, 0.3) is 0 Å². The van der Waals surface area contributed by atoms with Gasteiger partial charge in [-0.3, -0.25) is 4.57 Å². The second-order valence-corrected chi connectivity index (χ2v) is 5.56. The van der Waals surface area contributed by atoms with E-state index in [0.29, 0.717) is 5.88 Å². The maximum absolute atomic E-state index is 6.05. The monoisotopic (exact) mass is 334 g/mol. The highest BCUT2D eigenvalue weighted by atomic mass is 79.9. The first-order valence-corrected chi connectivity index (χ1v) is 7.32. The summed E-state index contributed by atoms with van der Waals surface area (Å²) >= 11 is 9.64. The van der Waals surface area contributed by atoms with Crippen LogP contribution in [0, 0.1) is 6.92 Å². The summed E-state index contributed by atoms with van der Waals surface area (Å²) < 4.78 is 3.13. The van der Waals surface area contributed by atoms with E-state index in [1.165, 1.54) is 5.56 Å². The van der Waals surface area contributed by atoms with Gasteiger partial charge in [0.15, 0.2) is 0 Å². The second-order valence-electron chi connectivity index (χ2n) is 4.44. The van der Waals surface area contributed by atoms with Crippen LogP contribution in [0.5, 0.6) is 0 Å². The molecule has 4 heteroatoms. The van der Waals surface area contributed by atoms with Gasteiger partial charge in [-0.1, -0.05) is 18.2 Å². The topological polar surface area (TPSA) is 17.8 Å². The van der Waals surface area contributed by atoms with E-state index in [-0.39, 0.29) is 0 Å². The minimum absolute atomic E-state index is 0.384. The first kappa shape index (κ1) is 12.7. The molecule has 0 aliphatic carbocycles. The fourth-order valence-corrected chi connectivity index (χ4v) is 2.87. The molecule has 1 aromatic heterocycles. The Kier molecular flexibility index (Phi) is 3.33. The molecule has 0 saturated heterocycles. The molecule has 96 valence electrons. The summed E-state index contributed by atoms with van der Waals surface area (Å²) in [6.07, 6.45) is 0. The smallest absolute Gasteiger partial charge is 0.129 e. The highest BCUT2D eigenvalue weighted by Gasteiger charge is 2.13. The van der Waals surface area contributed by atoms with Crippen LogP contribution in [-0.4, -0.2) is 9.55 Å². The Bertz CT molecular complexity index is 749. The molecular formula is C15H12BrClN2. The van der Waals surface area contributed by atoms with E-state index in [1.54, 1.807) is 0 Å². The number of fused-ring (bicyclic) bond motifs is 1. The molecule has 0 unspecified atom stereocenters. The molecule has 1 heterocycles. The third kappa shape index (κ3) is 2.17. The summed E-state index contributed by atoms with van der Waals surface area (Å²) in [5.74, 6) is 1.24. The van der Waals surface area contributed by atoms with E-state index in [4.69, 9.17) is 11.6 Å². The van der Waals surface area contributed by atoms with Gasteiger partial charge in [-0.15, -0.1) is 11.6 Å². The predicted molar refractivity (Wildman–Crippen MR) is 83.1 cm³/mol. The van der Waals surface area contributed by atoms with Gasteiger partial charge in [0.2, 0.25) is 0 Å². The number of para-hydroxylation sites is 1. The van der Waals surface area contributed by atoms with Crippen molar-refractivity contribution in [2.75, 3.05) is 0 Å². The molecule has 2 aromatic carbocycles. The molecule has 0 radical (unpaired) electrons. The Morgan fingerprint density at radius 2 is 2.00 bits per heavy atom. The van der Waals surface area contributed by atoms with E-state index in [0.717, 1.165) is 27.0 Å². The van der Waals surface area contributed by atoms with Gasteiger partial charge in [0, 0.05) is 4.47 Å². The average molecular weight is 336 g/mol. The maximum atomic E-state index is 6.05. The molecule has 0 spiro atoms. The van der Waals surface area contributed by atoms with Crippen LogP contribution < -0.4 is 0 Å². The molecular weight excluding hydrogens is 324 g/mol. The van der Waals surface area contributed by atoms with Crippen LogP contribution in [0.4, 0.5) is 0 Å². The van der Waals surface area contributed by atoms with Crippen LogP contribution in [0.15, 0.2) is 46.9 Å². The third-order valence-corrected chi connectivity index (χ3v) is 4.00. The molecule has 0 amide bonds. The maximum Gasteiger partial charge on any atom is 0.129 e. The van der Waals surface area contributed by atoms with Crippen LogP contribution >= 0.6 is 27.5 Å². The lowest BCUT2D eigenvalue weighted by Crippen LogP contribution is -1.99. The number of imidazole rings is 1. The van der Waals surface area contributed by atoms with Crippen molar-refractivity contribution in [1.82, 2.24) is 9.55 Å². The lowest BCUT2D eigenvalue weighted by atomic mass is 10.2. The molecule has 0 fully saturated rings. The molecule has 0 saturated carbocycles. The second kappa shape index (κ2) is 4.99. The quantitative estimate of drug-likeness (QED) is 0.613.